The molecule has 0 aliphatic carbocycles. The predicted molar refractivity (Wildman–Crippen MR) is 128 cm³/mol. The van der Waals surface area contributed by atoms with Crippen molar-refractivity contribution in [2.24, 2.45) is 5.16 Å². The highest BCUT2D eigenvalue weighted by atomic mass is 35.5. The highest BCUT2D eigenvalue weighted by Crippen LogP contribution is 2.40. The number of carboxylic acid groups (broad SMARTS) is 1. The standard InChI is InChI=1S/C24H19N3O3S.ClH/c28-22(29)21(27-30)20-16-31-23(25-20)26-24(17-10-4-1-5-11-17,18-12-6-2-7-13-18)19-14-8-3-9-15-19;/h1-16,30H,(H,25,26)(H,28,29);1H/b27-21-;. The van der Waals surface area contributed by atoms with Gasteiger partial charge in [-0.15, -0.1) is 23.7 Å². The van der Waals surface area contributed by atoms with Gasteiger partial charge in [-0.1, -0.05) is 96.2 Å². The first kappa shape index (κ1) is 23.0. The SMILES string of the molecule is Cl.O=C(O)/C(=N\O)c1csc(NC(c2ccccc2)(c2ccccc2)c2ccccc2)n1. The summed E-state index contributed by atoms with van der Waals surface area (Å²) in [5.74, 6) is -1.35. The second-order valence-electron chi connectivity index (χ2n) is 6.76. The fourth-order valence-corrected chi connectivity index (χ4v) is 4.34. The first-order chi connectivity index (χ1) is 15.1. The summed E-state index contributed by atoms with van der Waals surface area (Å²) in [6.45, 7) is 0. The Morgan fingerprint density at radius 3 is 1.66 bits per heavy atom. The Balaban J connectivity index is 0.00000289. The number of aromatic nitrogens is 1. The van der Waals surface area contributed by atoms with Gasteiger partial charge >= 0.3 is 5.97 Å². The van der Waals surface area contributed by atoms with E-state index in [1.54, 1.807) is 5.38 Å². The Bertz CT molecular complexity index is 1100. The zero-order valence-electron chi connectivity index (χ0n) is 16.8. The molecule has 0 saturated heterocycles. The number of benzene rings is 3. The van der Waals surface area contributed by atoms with Crippen LogP contribution in [0.2, 0.25) is 0 Å². The van der Waals surface area contributed by atoms with Crippen LogP contribution in [-0.2, 0) is 10.3 Å². The van der Waals surface area contributed by atoms with Gasteiger partial charge in [-0.3, -0.25) is 0 Å². The van der Waals surface area contributed by atoms with Crippen LogP contribution in [0, 0.1) is 0 Å². The zero-order chi connectivity index (χ0) is 21.7. The van der Waals surface area contributed by atoms with Crippen LogP contribution in [0.25, 0.3) is 0 Å². The number of rotatable bonds is 7. The lowest BCUT2D eigenvalue weighted by Crippen LogP contribution is -2.38. The van der Waals surface area contributed by atoms with E-state index in [0.29, 0.717) is 5.13 Å². The van der Waals surface area contributed by atoms with Crippen LogP contribution in [0.1, 0.15) is 22.4 Å². The topological polar surface area (TPSA) is 94.8 Å². The molecule has 8 heteroatoms. The first-order valence-electron chi connectivity index (χ1n) is 9.51. The fourth-order valence-electron chi connectivity index (χ4n) is 3.58. The van der Waals surface area contributed by atoms with Crippen molar-refractivity contribution in [1.29, 1.82) is 0 Å². The minimum absolute atomic E-state index is 0. The third-order valence-electron chi connectivity index (χ3n) is 4.96. The van der Waals surface area contributed by atoms with Crippen molar-refractivity contribution < 1.29 is 15.1 Å². The number of oxime groups is 1. The van der Waals surface area contributed by atoms with E-state index >= 15 is 0 Å². The van der Waals surface area contributed by atoms with E-state index < -0.39 is 17.2 Å². The molecular formula is C24H20ClN3O3S. The third-order valence-corrected chi connectivity index (χ3v) is 5.72. The van der Waals surface area contributed by atoms with Gasteiger partial charge in [-0.25, -0.2) is 9.78 Å². The van der Waals surface area contributed by atoms with E-state index in [0.717, 1.165) is 16.7 Å². The van der Waals surface area contributed by atoms with E-state index in [4.69, 9.17) is 5.21 Å². The molecule has 0 fully saturated rings. The van der Waals surface area contributed by atoms with Crippen LogP contribution in [0.4, 0.5) is 5.13 Å². The zero-order valence-corrected chi connectivity index (χ0v) is 18.4. The molecule has 1 heterocycles. The van der Waals surface area contributed by atoms with Crippen molar-refractivity contribution >= 4 is 40.6 Å². The van der Waals surface area contributed by atoms with Crippen LogP contribution < -0.4 is 5.32 Å². The highest BCUT2D eigenvalue weighted by molar-refractivity contribution is 7.14. The van der Waals surface area contributed by atoms with Gasteiger partial charge in [0.25, 0.3) is 0 Å². The van der Waals surface area contributed by atoms with E-state index in [9.17, 15) is 9.90 Å². The van der Waals surface area contributed by atoms with Crippen molar-refractivity contribution in [2.75, 3.05) is 5.32 Å². The molecular weight excluding hydrogens is 446 g/mol. The maximum Gasteiger partial charge on any atom is 0.360 e. The lowest BCUT2D eigenvalue weighted by Gasteiger charge is -2.36. The number of nitrogens with zero attached hydrogens (tertiary/aromatic N) is 2. The average Bonchev–Trinajstić information content (AvgIpc) is 3.27. The summed E-state index contributed by atoms with van der Waals surface area (Å²) in [6.07, 6.45) is 0. The Labute approximate surface area is 195 Å². The fraction of sp³-hybridized carbons (Fsp3) is 0.0417. The van der Waals surface area contributed by atoms with Gasteiger partial charge in [-0.2, -0.15) is 0 Å². The number of carboxylic acids is 1. The van der Waals surface area contributed by atoms with Gasteiger partial charge in [0, 0.05) is 5.38 Å². The van der Waals surface area contributed by atoms with Gasteiger partial charge in [0.2, 0.25) is 5.71 Å². The highest BCUT2D eigenvalue weighted by Gasteiger charge is 2.37. The van der Waals surface area contributed by atoms with Gasteiger partial charge < -0.3 is 15.6 Å². The Hall–Kier alpha value is -3.68. The lowest BCUT2D eigenvalue weighted by molar-refractivity contribution is -0.129. The number of carbonyl (C=O) groups is 1. The third kappa shape index (κ3) is 4.34. The monoisotopic (exact) mass is 465 g/mol. The molecule has 0 bridgehead atoms. The van der Waals surface area contributed by atoms with Crippen LogP contribution >= 0.6 is 23.7 Å². The molecule has 0 atom stereocenters. The molecule has 0 radical (unpaired) electrons. The molecule has 6 nitrogen and oxygen atoms in total. The van der Waals surface area contributed by atoms with Gasteiger partial charge in [-0.05, 0) is 16.7 Å². The van der Waals surface area contributed by atoms with Crippen LogP contribution in [0.5, 0.6) is 0 Å². The molecule has 3 N–H and O–H groups in total. The number of halogens is 1. The normalized spacial score (nSPS) is 11.4. The summed E-state index contributed by atoms with van der Waals surface area (Å²) < 4.78 is 0. The molecule has 0 aliphatic rings. The molecule has 32 heavy (non-hydrogen) atoms. The van der Waals surface area contributed by atoms with Crippen LogP contribution in [0.15, 0.2) is 102 Å². The number of aliphatic carboxylic acids is 1. The summed E-state index contributed by atoms with van der Waals surface area (Å²) in [4.78, 5) is 15.7. The largest absolute Gasteiger partial charge is 0.476 e. The van der Waals surface area contributed by atoms with Crippen LogP contribution in [0.3, 0.4) is 0 Å². The molecule has 0 saturated carbocycles. The Morgan fingerprint density at radius 1 is 0.844 bits per heavy atom. The number of thiazole rings is 1. The number of hydrogen-bond donors (Lipinski definition) is 3. The van der Waals surface area contributed by atoms with Gasteiger partial charge in [0.05, 0.1) is 0 Å². The Morgan fingerprint density at radius 2 is 1.28 bits per heavy atom. The smallest absolute Gasteiger partial charge is 0.360 e. The molecule has 0 amide bonds. The maximum atomic E-state index is 11.3. The maximum absolute atomic E-state index is 11.3. The van der Waals surface area contributed by atoms with Crippen molar-refractivity contribution in [3.05, 3.63) is 119 Å². The molecule has 0 unspecified atom stereocenters. The van der Waals surface area contributed by atoms with E-state index in [1.807, 2.05) is 91.0 Å². The van der Waals surface area contributed by atoms with Crippen LogP contribution in [-0.4, -0.2) is 27.0 Å². The van der Waals surface area contributed by atoms with Gasteiger partial charge in [0.15, 0.2) is 5.13 Å². The average molecular weight is 466 g/mol. The van der Waals surface area contributed by atoms with Crippen molar-refractivity contribution in [1.82, 2.24) is 4.98 Å². The predicted octanol–water partition coefficient (Wildman–Crippen LogP) is 5.23. The minimum Gasteiger partial charge on any atom is -0.476 e. The molecule has 4 aromatic rings. The van der Waals surface area contributed by atoms with Gasteiger partial charge in [0.1, 0.15) is 11.2 Å². The Kier molecular flexibility index (Phi) is 7.25. The molecule has 162 valence electrons. The van der Waals surface area contributed by atoms with E-state index in [1.165, 1.54) is 11.3 Å². The lowest BCUT2D eigenvalue weighted by atomic mass is 9.77. The first-order valence-corrected chi connectivity index (χ1v) is 10.4. The summed E-state index contributed by atoms with van der Waals surface area (Å²) in [6, 6.07) is 30.0. The van der Waals surface area contributed by atoms with E-state index in [2.05, 4.69) is 15.5 Å². The van der Waals surface area contributed by atoms with Crippen molar-refractivity contribution in [3.8, 4) is 0 Å². The number of anilines is 1. The summed E-state index contributed by atoms with van der Waals surface area (Å²) >= 11 is 1.24. The van der Waals surface area contributed by atoms with Crippen molar-refractivity contribution in [3.63, 3.8) is 0 Å². The summed E-state index contributed by atoms with van der Waals surface area (Å²) in [5, 5.41) is 26.8. The quantitative estimate of drug-likeness (QED) is 0.150. The summed E-state index contributed by atoms with van der Waals surface area (Å²) in [5.41, 5.74) is 1.80. The second kappa shape index (κ2) is 10.1. The number of hydrogen-bond acceptors (Lipinski definition) is 6. The molecule has 1 aromatic heterocycles. The molecule has 3 aromatic carbocycles. The number of nitrogens with one attached hydrogen (secondary N) is 1. The minimum atomic E-state index is -1.35. The molecule has 0 aliphatic heterocycles. The summed E-state index contributed by atoms with van der Waals surface area (Å²) in [7, 11) is 0. The molecule has 0 spiro atoms. The van der Waals surface area contributed by atoms with Crippen molar-refractivity contribution in [2.45, 2.75) is 5.54 Å². The second-order valence-corrected chi connectivity index (χ2v) is 7.62. The molecule has 4 rings (SSSR count). The van der Waals surface area contributed by atoms with E-state index in [-0.39, 0.29) is 18.1 Å².